The standard InChI is InChI=1S/C20H17ClN2O3S/c21-14-5-3-4-13(10-14)8-9-19(25)26-12-18(24)23-20-16(11-22)15-6-1-2-7-17(15)27-20/h3-5,8-10H,1-2,6-7,12H2,(H,23,24)/b9-8+. The van der Waals surface area contributed by atoms with E-state index in [9.17, 15) is 14.9 Å². The van der Waals surface area contributed by atoms with Crippen LogP contribution in [0.15, 0.2) is 30.3 Å². The summed E-state index contributed by atoms with van der Waals surface area (Å²) in [6.45, 7) is -0.411. The van der Waals surface area contributed by atoms with Gasteiger partial charge in [-0.15, -0.1) is 11.3 Å². The summed E-state index contributed by atoms with van der Waals surface area (Å²) < 4.78 is 4.95. The number of rotatable bonds is 5. The van der Waals surface area contributed by atoms with Gasteiger partial charge >= 0.3 is 5.97 Å². The Morgan fingerprint density at radius 1 is 1.33 bits per heavy atom. The van der Waals surface area contributed by atoms with Gasteiger partial charge in [0.2, 0.25) is 0 Å². The highest BCUT2D eigenvalue weighted by Crippen LogP contribution is 2.37. The maximum absolute atomic E-state index is 12.1. The van der Waals surface area contributed by atoms with Gasteiger partial charge in [-0.2, -0.15) is 5.26 Å². The van der Waals surface area contributed by atoms with Crippen LogP contribution >= 0.6 is 22.9 Å². The second-order valence-electron chi connectivity index (χ2n) is 6.07. The van der Waals surface area contributed by atoms with E-state index in [1.165, 1.54) is 17.4 Å². The highest BCUT2D eigenvalue weighted by molar-refractivity contribution is 7.16. The van der Waals surface area contributed by atoms with Crippen LogP contribution in [0.4, 0.5) is 5.00 Å². The predicted octanol–water partition coefficient (Wildman–Crippen LogP) is 4.35. The first-order valence-electron chi connectivity index (χ1n) is 8.51. The van der Waals surface area contributed by atoms with E-state index < -0.39 is 18.5 Å². The van der Waals surface area contributed by atoms with Gasteiger partial charge in [0.1, 0.15) is 11.1 Å². The van der Waals surface area contributed by atoms with E-state index in [2.05, 4.69) is 11.4 Å². The summed E-state index contributed by atoms with van der Waals surface area (Å²) in [5.41, 5.74) is 2.34. The second kappa shape index (κ2) is 8.85. The first kappa shape index (κ1) is 19.2. The van der Waals surface area contributed by atoms with Gasteiger partial charge in [-0.25, -0.2) is 4.79 Å². The minimum atomic E-state index is -0.629. The number of aryl methyl sites for hydroxylation is 1. The molecule has 1 heterocycles. The zero-order valence-corrected chi connectivity index (χ0v) is 16.0. The van der Waals surface area contributed by atoms with E-state index >= 15 is 0 Å². The number of hydrogen-bond donors (Lipinski definition) is 1. The number of anilines is 1. The number of nitrogens with zero attached hydrogens (tertiary/aromatic N) is 1. The fraction of sp³-hybridized carbons (Fsp3) is 0.250. The number of hydrogen-bond acceptors (Lipinski definition) is 5. The summed E-state index contributed by atoms with van der Waals surface area (Å²) in [5, 5.41) is 13.2. The minimum Gasteiger partial charge on any atom is -0.452 e. The van der Waals surface area contributed by atoms with Crippen molar-refractivity contribution in [2.75, 3.05) is 11.9 Å². The number of carbonyl (C=O) groups is 2. The van der Waals surface area contributed by atoms with Crippen LogP contribution < -0.4 is 5.32 Å². The van der Waals surface area contributed by atoms with E-state index in [0.717, 1.165) is 41.7 Å². The summed E-state index contributed by atoms with van der Waals surface area (Å²) in [6, 6.07) is 9.19. The maximum atomic E-state index is 12.1. The smallest absolute Gasteiger partial charge is 0.331 e. The van der Waals surface area contributed by atoms with Crippen molar-refractivity contribution in [2.45, 2.75) is 25.7 Å². The second-order valence-corrected chi connectivity index (χ2v) is 7.61. The first-order chi connectivity index (χ1) is 13.1. The zero-order valence-electron chi connectivity index (χ0n) is 14.5. The molecule has 0 spiro atoms. The third-order valence-electron chi connectivity index (χ3n) is 4.14. The Morgan fingerprint density at radius 3 is 2.93 bits per heavy atom. The summed E-state index contributed by atoms with van der Waals surface area (Å²) in [4.78, 5) is 25.0. The Hall–Kier alpha value is -2.62. The van der Waals surface area contributed by atoms with Crippen LogP contribution in [-0.4, -0.2) is 18.5 Å². The predicted molar refractivity (Wildman–Crippen MR) is 106 cm³/mol. The Morgan fingerprint density at radius 2 is 2.15 bits per heavy atom. The molecule has 2 aromatic rings. The Labute approximate surface area is 166 Å². The van der Waals surface area contributed by atoms with Crippen molar-refractivity contribution in [3.8, 4) is 6.07 Å². The van der Waals surface area contributed by atoms with E-state index in [4.69, 9.17) is 16.3 Å². The molecule has 1 aliphatic carbocycles. The van der Waals surface area contributed by atoms with Gasteiger partial charge < -0.3 is 10.1 Å². The van der Waals surface area contributed by atoms with Crippen LogP contribution in [0.25, 0.3) is 6.08 Å². The molecule has 5 nitrogen and oxygen atoms in total. The van der Waals surface area contributed by atoms with Gasteiger partial charge in [0.05, 0.1) is 5.56 Å². The number of thiophene rings is 1. The number of halogens is 1. The van der Waals surface area contributed by atoms with Crippen molar-refractivity contribution in [1.29, 1.82) is 5.26 Å². The van der Waals surface area contributed by atoms with Gasteiger partial charge in [-0.1, -0.05) is 23.7 Å². The normalized spacial score (nSPS) is 13.0. The average molecular weight is 401 g/mol. The minimum absolute atomic E-state index is 0.411. The van der Waals surface area contributed by atoms with Crippen LogP contribution in [0.5, 0.6) is 0 Å². The topological polar surface area (TPSA) is 79.2 Å². The van der Waals surface area contributed by atoms with Crippen LogP contribution in [0.1, 0.15) is 34.4 Å². The van der Waals surface area contributed by atoms with E-state index in [1.54, 1.807) is 30.3 Å². The molecule has 3 rings (SSSR count). The number of amides is 1. The lowest BCUT2D eigenvalue weighted by Crippen LogP contribution is -2.20. The highest BCUT2D eigenvalue weighted by atomic mass is 35.5. The molecule has 1 N–H and O–H groups in total. The molecule has 138 valence electrons. The summed E-state index contributed by atoms with van der Waals surface area (Å²) in [5.74, 6) is -1.09. The number of carbonyl (C=O) groups excluding carboxylic acids is 2. The molecule has 0 bridgehead atoms. The lowest BCUT2D eigenvalue weighted by Gasteiger charge is -2.09. The van der Waals surface area contributed by atoms with Gasteiger partial charge in [-0.05, 0) is 55.0 Å². The molecule has 1 aliphatic rings. The van der Waals surface area contributed by atoms with Crippen LogP contribution in [0, 0.1) is 11.3 Å². The molecule has 1 aromatic carbocycles. The van der Waals surface area contributed by atoms with Gasteiger partial charge in [0.25, 0.3) is 5.91 Å². The molecular weight excluding hydrogens is 384 g/mol. The Balaban J connectivity index is 1.55. The lowest BCUT2D eigenvalue weighted by atomic mass is 9.96. The third-order valence-corrected chi connectivity index (χ3v) is 5.58. The Kier molecular flexibility index (Phi) is 6.28. The number of nitrogens with one attached hydrogen (secondary N) is 1. The van der Waals surface area contributed by atoms with Crippen molar-refractivity contribution >= 4 is 45.9 Å². The maximum Gasteiger partial charge on any atom is 0.331 e. The summed E-state index contributed by atoms with van der Waals surface area (Å²) >= 11 is 7.31. The summed E-state index contributed by atoms with van der Waals surface area (Å²) in [6.07, 6.45) is 6.77. The van der Waals surface area contributed by atoms with Crippen molar-refractivity contribution < 1.29 is 14.3 Å². The van der Waals surface area contributed by atoms with Crippen molar-refractivity contribution in [1.82, 2.24) is 0 Å². The lowest BCUT2D eigenvalue weighted by molar-refractivity contribution is -0.142. The number of esters is 1. The molecule has 0 saturated heterocycles. The quantitative estimate of drug-likeness (QED) is 0.597. The average Bonchev–Trinajstić information content (AvgIpc) is 3.01. The number of fused-ring (bicyclic) bond motifs is 1. The third kappa shape index (κ3) is 4.97. The van der Waals surface area contributed by atoms with Crippen molar-refractivity contribution in [2.24, 2.45) is 0 Å². The number of ether oxygens (including phenoxy) is 1. The zero-order chi connectivity index (χ0) is 19.2. The fourth-order valence-electron chi connectivity index (χ4n) is 2.89. The van der Waals surface area contributed by atoms with Crippen molar-refractivity contribution in [3.05, 3.63) is 56.9 Å². The number of nitriles is 1. The van der Waals surface area contributed by atoms with Crippen LogP contribution in [0.3, 0.4) is 0 Å². The van der Waals surface area contributed by atoms with Crippen LogP contribution in [0.2, 0.25) is 5.02 Å². The largest absolute Gasteiger partial charge is 0.452 e. The molecule has 0 saturated carbocycles. The van der Waals surface area contributed by atoms with E-state index in [-0.39, 0.29) is 0 Å². The SMILES string of the molecule is N#Cc1c(NC(=O)COC(=O)/C=C/c2cccc(Cl)c2)sc2c1CCCC2. The highest BCUT2D eigenvalue weighted by Gasteiger charge is 2.21. The van der Waals surface area contributed by atoms with Gasteiger partial charge in [-0.3, -0.25) is 4.79 Å². The van der Waals surface area contributed by atoms with Gasteiger partial charge in [0, 0.05) is 16.0 Å². The molecule has 27 heavy (non-hydrogen) atoms. The molecule has 1 amide bonds. The molecule has 0 aliphatic heterocycles. The molecule has 7 heteroatoms. The van der Waals surface area contributed by atoms with Crippen molar-refractivity contribution in [3.63, 3.8) is 0 Å². The molecule has 0 radical (unpaired) electrons. The Bertz CT molecular complexity index is 943. The molecule has 1 aromatic heterocycles. The molecule has 0 fully saturated rings. The van der Waals surface area contributed by atoms with E-state index in [1.807, 2.05) is 0 Å². The van der Waals surface area contributed by atoms with E-state index in [0.29, 0.717) is 15.6 Å². The fourth-order valence-corrected chi connectivity index (χ4v) is 4.35. The first-order valence-corrected chi connectivity index (χ1v) is 9.71. The summed E-state index contributed by atoms with van der Waals surface area (Å²) in [7, 11) is 0. The molecule has 0 atom stereocenters. The molecular formula is C20H17ClN2O3S. The van der Waals surface area contributed by atoms with Crippen LogP contribution in [-0.2, 0) is 27.2 Å². The monoisotopic (exact) mass is 400 g/mol. The molecule has 0 unspecified atom stereocenters. The number of benzene rings is 1. The van der Waals surface area contributed by atoms with Gasteiger partial charge in [0.15, 0.2) is 6.61 Å².